The van der Waals surface area contributed by atoms with Crippen molar-refractivity contribution in [3.63, 3.8) is 0 Å². The minimum absolute atomic E-state index is 0.0704. The van der Waals surface area contributed by atoms with E-state index in [0.717, 1.165) is 0 Å². The van der Waals surface area contributed by atoms with Crippen LogP contribution >= 0.6 is 0 Å². The number of benzene rings is 1. The molecule has 6 nitrogen and oxygen atoms in total. The Morgan fingerprint density at radius 1 is 1.35 bits per heavy atom. The molecule has 7 heteroatoms. The largest absolute Gasteiger partial charge is 0.482 e. The molecule has 0 aliphatic carbocycles. The van der Waals surface area contributed by atoms with Crippen LogP contribution in [0, 0.1) is 10.1 Å². The van der Waals surface area contributed by atoms with E-state index in [4.69, 9.17) is 4.74 Å². The van der Waals surface area contributed by atoms with Crippen molar-refractivity contribution in [3.8, 4) is 5.75 Å². The maximum Gasteiger partial charge on any atom is 0.310 e. The Morgan fingerprint density at radius 2 is 2.06 bits per heavy atom. The molecule has 1 saturated heterocycles. The van der Waals surface area contributed by atoms with Gasteiger partial charge in [-0.25, -0.2) is 8.42 Å². The number of nitro benzene ring substituents is 1. The van der Waals surface area contributed by atoms with Gasteiger partial charge in [0.1, 0.15) is 6.10 Å². The van der Waals surface area contributed by atoms with Crippen molar-refractivity contribution in [3.05, 3.63) is 34.4 Å². The van der Waals surface area contributed by atoms with Gasteiger partial charge in [-0.2, -0.15) is 0 Å². The first-order valence-electron chi connectivity index (χ1n) is 5.08. The summed E-state index contributed by atoms with van der Waals surface area (Å²) < 4.78 is 27.9. The Morgan fingerprint density at radius 3 is 2.65 bits per heavy atom. The van der Waals surface area contributed by atoms with Crippen LogP contribution in [0.4, 0.5) is 5.69 Å². The first kappa shape index (κ1) is 11.8. The maximum absolute atomic E-state index is 11.2. The second kappa shape index (κ2) is 4.33. The standard InChI is InChI=1S/C10H11NO5S/c12-11(13)9-3-1-2-4-10(9)16-8-5-6-17(14,15)7-8/h1-4,8H,5-7H2. The second-order valence-corrected chi connectivity index (χ2v) is 6.10. The molecule has 1 aromatic rings. The van der Waals surface area contributed by atoms with Gasteiger partial charge in [-0.05, 0) is 12.5 Å². The second-order valence-electron chi connectivity index (χ2n) is 3.87. The van der Waals surface area contributed by atoms with Crippen molar-refractivity contribution in [1.82, 2.24) is 0 Å². The van der Waals surface area contributed by atoms with E-state index in [1.54, 1.807) is 6.07 Å². The van der Waals surface area contributed by atoms with Crippen LogP contribution in [0.1, 0.15) is 6.42 Å². The molecule has 1 aromatic carbocycles. The number of nitro groups is 1. The lowest BCUT2D eigenvalue weighted by Gasteiger charge is -2.11. The topological polar surface area (TPSA) is 86.5 Å². The molecular formula is C10H11NO5S. The Hall–Kier alpha value is -1.63. The van der Waals surface area contributed by atoms with Crippen LogP contribution in [0.15, 0.2) is 24.3 Å². The van der Waals surface area contributed by atoms with Gasteiger partial charge in [-0.3, -0.25) is 10.1 Å². The minimum atomic E-state index is -3.04. The molecule has 1 aliphatic rings. The highest BCUT2D eigenvalue weighted by atomic mass is 32.2. The summed E-state index contributed by atoms with van der Waals surface area (Å²) in [5.41, 5.74) is -0.142. The zero-order valence-electron chi connectivity index (χ0n) is 8.90. The molecular weight excluding hydrogens is 246 g/mol. The summed E-state index contributed by atoms with van der Waals surface area (Å²) >= 11 is 0. The van der Waals surface area contributed by atoms with Crippen molar-refractivity contribution < 1.29 is 18.1 Å². The fourth-order valence-corrected chi connectivity index (χ4v) is 3.33. The quantitative estimate of drug-likeness (QED) is 0.599. The Balaban J connectivity index is 2.17. The van der Waals surface area contributed by atoms with Crippen molar-refractivity contribution in [2.24, 2.45) is 0 Å². The molecule has 1 unspecified atom stereocenters. The number of rotatable bonds is 3. The van der Waals surface area contributed by atoms with Crippen LogP contribution in [0.2, 0.25) is 0 Å². The maximum atomic E-state index is 11.2. The molecule has 1 atom stereocenters. The van der Waals surface area contributed by atoms with Crippen LogP contribution in [-0.2, 0) is 9.84 Å². The van der Waals surface area contributed by atoms with Gasteiger partial charge in [0.25, 0.3) is 0 Å². The molecule has 0 radical (unpaired) electrons. The lowest BCUT2D eigenvalue weighted by atomic mass is 10.3. The van der Waals surface area contributed by atoms with Crippen LogP contribution in [-0.4, -0.2) is 31.0 Å². The molecule has 0 bridgehead atoms. The smallest absolute Gasteiger partial charge is 0.310 e. The van der Waals surface area contributed by atoms with Gasteiger partial charge >= 0.3 is 5.69 Å². The molecule has 1 heterocycles. The first-order valence-corrected chi connectivity index (χ1v) is 6.90. The highest BCUT2D eigenvalue weighted by molar-refractivity contribution is 7.91. The van der Waals surface area contributed by atoms with E-state index in [0.29, 0.717) is 6.42 Å². The number of ether oxygens (including phenoxy) is 1. The first-order chi connectivity index (χ1) is 7.98. The van der Waals surface area contributed by atoms with Gasteiger partial charge in [0.2, 0.25) is 0 Å². The van der Waals surface area contributed by atoms with Gasteiger partial charge in [0.15, 0.2) is 15.6 Å². The third-order valence-electron chi connectivity index (χ3n) is 2.55. The van der Waals surface area contributed by atoms with E-state index in [1.165, 1.54) is 18.2 Å². The van der Waals surface area contributed by atoms with E-state index in [2.05, 4.69) is 0 Å². The fraction of sp³-hybridized carbons (Fsp3) is 0.400. The molecule has 0 amide bonds. The molecule has 92 valence electrons. The Kier molecular flexibility index (Phi) is 3.01. The van der Waals surface area contributed by atoms with Gasteiger partial charge in [0.05, 0.1) is 16.4 Å². The van der Waals surface area contributed by atoms with E-state index in [1.807, 2.05) is 0 Å². The predicted molar refractivity (Wildman–Crippen MR) is 60.8 cm³/mol. The van der Waals surface area contributed by atoms with E-state index in [-0.39, 0.29) is 22.9 Å². The lowest BCUT2D eigenvalue weighted by molar-refractivity contribution is -0.386. The summed E-state index contributed by atoms with van der Waals surface area (Å²) in [6.07, 6.45) is -0.102. The van der Waals surface area contributed by atoms with Crippen molar-refractivity contribution in [1.29, 1.82) is 0 Å². The van der Waals surface area contributed by atoms with Crippen LogP contribution in [0.5, 0.6) is 5.75 Å². The minimum Gasteiger partial charge on any atom is -0.482 e. The van der Waals surface area contributed by atoms with Crippen LogP contribution in [0.3, 0.4) is 0 Å². The van der Waals surface area contributed by atoms with Crippen molar-refractivity contribution >= 4 is 15.5 Å². The summed E-state index contributed by atoms with van der Waals surface area (Å²) in [7, 11) is -3.04. The molecule has 1 aliphatic heterocycles. The SMILES string of the molecule is O=[N+]([O-])c1ccccc1OC1CCS(=O)(=O)C1. The molecule has 0 aromatic heterocycles. The summed E-state index contributed by atoms with van der Waals surface area (Å²) in [5.74, 6) is 0.136. The Bertz CT molecular complexity index is 539. The van der Waals surface area contributed by atoms with Gasteiger partial charge < -0.3 is 4.74 Å². The number of nitrogens with zero attached hydrogens (tertiary/aromatic N) is 1. The summed E-state index contributed by atoms with van der Waals surface area (Å²) in [6.45, 7) is 0. The van der Waals surface area contributed by atoms with Crippen molar-refractivity contribution in [2.45, 2.75) is 12.5 Å². The zero-order chi connectivity index (χ0) is 12.5. The van der Waals surface area contributed by atoms with Crippen molar-refractivity contribution in [2.75, 3.05) is 11.5 Å². The average molecular weight is 257 g/mol. The highest BCUT2D eigenvalue weighted by Gasteiger charge is 2.30. The number of para-hydroxylation sites is 2. The monoisotopic (exact) mass is 257 g/mol. The molecule has 0 saturated carbocycles. The number of hydrogen-bond donors (Lipinski definition) is 0. The van der Waals surface area contributed by atoms with Gasteiger partial charge in [0, 0.05) is 6.07 Å². The van der Waals surface area contributed by atoms with E-state index in [9.17, 15) is 18.5 Å². The third kappa shape index (κ3) is 2.73. The summed E-state index contributed by atoms with van der Waals surface area (Å²) in [6, 6.07) is 5.96. The molecule has 17 heavy (non-hydrogen) atoms. The summed E-state index contributed by atoms with van der Waals surface area (Å²) in [4.78, 5) is 10.2. The number of sulfone groups is 1. The van der Waals surface area contributed by atoms with Crippen LogP contribution in [0.25, 0.3) is 0 Å². The molecule has 0 N–H and O–H groups in total. The summed E-state index contributed by atoms with van der Waals surface area (Å²) in [5, 5.41) is 10.7. The van der Waals surface area contributed by atoms with E-state index < -0.39 is 20.9 Å². The fourth-order valence-electron chi connectivity index (χ4n) is 1.74. The molecule has 2 rings (SSSR count). The lowest BCUT2D eigenvalue weighted by Crippen LogP contribution is -2.18. The predicted octanol–water partition coefficient (Wildman–Crippen LogP) is 1.16. The number of hydrogen-bond acceptors (Lipinski definition) is 5. The van der Waals surface area contributed by atoms with Crippen LogP contribution < -0.4 is 4.74 Å². The molecule has 1 fully saturated rings. The Labute approximate surface area is 98.3 Å². The third-order valence-corrected chi connectivity index (χ3v) is 4.28. The normalized spacial score (nSPS) is 22.2. The van der Waals surface area contributed by atoms with Gasteiger partial charge in [-0.1, -0.05) is 12.1 Å². The average Bonchev–Trinajstić information content (AvgIpc) is 2.58. The molecule has 0 spiro atoms. The van der Waals surface area contributed by atoms with E-state index >= 15 is 0 Å². The zero-order valence-corrected chi connectivity index (χ0v) is 9.72. The highest BCUT2D eigenvalue weighted by Crippen LogP contribution is 2.28. The van der Waals surface area contributed by atoms with Gasteiger partial charge in [-0.15, -0.1) is 0 Å².